The number of esters is 1. The Kier molecular flexibility index (Phi) is 4.75. The minimum absolute atomic E-state index is 0.162. The smallest absolute Gasteiger partial charge is 0.328 e. The third kappa shape index (κ3) is 3.49. The number of carbonyl (C=O) groups excluding carboxylic acids is 2. The molecule has 1 aromatic heterocycles. The number of benzene rings is 1. The molecule has 2 aromatic rings. The number of hydrogen-bond acceptors (Lipinski definition) is 4. The summed E-state index contributed by atoms with van der Waals surface area (Å²) in [5.74, 6) is -0.957. The summed E-state index contributed by atoms with van der Waals surface area (Å²) in [5, 5.41) is 4.37. The molecule has 0 radical (unpaired) electrons. The Morgan fingerprint density at radius 2 is 2.10 bits per heavy atom. The average molecular weight is 307 g/mol. The van der Waals surface area contributed by atoms with E-state index in [4.69, 9.17) is 16.3 Å². The van der Waals surface area contributed by atoms with Crippen molar-refractivity contribution in [3.8, 4) is 0 Å². The van der Waals surface area contributed by atoms with Crippen LogP contribution in [0.25, 0.3) is 10.8 Å². The molecule has 1 aromatic carbocycles. The molecule has 110 valence electrons. The fourth-order valence-corrected chi connectivity index (χ4v) is 2.13. The summed E-state index contributed by atoms with van der Waals surface area (Å²) in [7, 11) is 0. The molecule has 0 saturated heterocycles. The van der Waals surface area contributed by atoms with E-state index >= 15 is 0 Å². The second-order valence-corrected chi connectivity index (χ2v) is 4.82. The number of halogens is 1. The van der Waals surface area contributed by atoms with E-state index in [1.165, 1.54) is 0 Å². The van der Waals surface area contributed by atoms with Crippen molar-refractivity contribution in [2.24, 2.45) is 0 Å². The first-order chi connectivity index (χ1) is 10.0. The van der Waals surface area contributed by atoms with Gasteiger partial charge in [-0.2, -0.15) is 0 Å². The lowest BCUT2D eigenvalue weighted by atomic mass is 10.1. The van der Waals surface area contributed by atoms with Crippen LogP contribution in [0, 0.1) is 0 Å². The number of rotatable bonds is 4. The fraction of sp³-hybridized carbons (Fsp3) is 0.267. The second-order valence-electron chi connectivity index (χ2n) is 4.47. The van der Waals surface area contributed by atoms with Crippen LogP contribution in [0.5, 0.6) is 0 Å². The predicted octanol–water partition coefficient (Wildman–Crippen LogP) is 2.57. The topological polar surface area (TPSA) is 68.3 Å². The monoisotopic (exact) mass is 306 g/mol. The molecule has 0 bridgehead atoms. The van der Waals surface area contributed by atoms with Crippen molar-refractivity contribution in [1.29, 1.82) is 0 Å². The number of aromatic nitrogens is 1. The first kappa shape index (κ1) is 15.3. The first-order valence-corrected chi connectivity index (χ1v) is 6.93. The van der Waals surface area contributed by atoms with E-state index in [1.54, 1.807) is 19.9 Å². The summed E-state index contributed by atoms with van der Waals surface area (Å²) in [4.78, 5) is 27.7. The molecule has 2 rings (SSSR count). The molecule has 0 fully saturated rings. The van der Waals surface area contributed by atoms with Gasteiger partial charge >= 0.3 is 5.97 Å². The zero-order valence-corrected chi connectivity index (χ0v) is 12.5. The highest BCUT2D eigenvalue weighted by Crippen LogP contribution is 2.22. The highest BCUT2D eigenvalue weighted by molar-refractivity contribution is 6.34. The van der Waals surface area contributed by atoms with Crippen molar-refractivity contribution >= 4 is 34.2 Å². The van der Waals surface area contributed by atoms with E-state index in [-0.39, 0.29) is 17.5 Å². The SMILES string of the molecule is CCOC(=O)C(C)NC(=O)c1cc2ccccc2c(Cl)n1. The molecule has 21 heavy (non-hydrogen) atoms. The van der Waals surface area contributed by atoms with E-state index in [0.29, 0.717) is 0 Å². The third-order valence-electron chi connectivity index (χ3n) is 2.91. The quantitative estimate of drug-likeness (QED) is 0.696. The summed E-state index contributed by atoms with van der Waals surface area (Å²) in [6.07, 6.45) is 0. The Bertz CT molecular complexity index is 688. The molecule has 1 heterocycles. The third-order valence-corrected chi connectivity index (χ3v) is 3.20. The van der Waals surface area contributed by atoms with Crippen LogP contribution in [0.4, 0.5) is 0 Å². The number of amides is 1. The van der Waals surface area contributed by atoms with Crippen molar-refractivity contribution < 1.29 is 14.3 Å². The van der Waals surface area contributed by atoms with Crippen LogP contribution in [0.1, 0.15) is 24.3 Å². The molecule has 0 saturated carbocycles. The summed E-state index contributed by atoms with van der Waals surface area (Å²) in [6.45, 7) is 3.52. The number of carbonyl (C=O) groups is 2. The van der Waals surface area contributed by atoms with Crippen LogP contribution in [0.15, 0.2) is 30.3 Å². The van der Waals surface area contributed by atoms with Gasteiger partial charge in [-0.15, -0.1) is 0 Å². The standard InChI is InChI=1S/C15H15ClN2O3/c1-3-21-15(20)9(2)17-14(19)12-8-10-6-4-5-7-11(10)13(16)18-12/h4-9H,3H2,1-2H3,(H,17,19). The second kappa shape index (κ2) is 6.54. The van der Waals surface area contributed by atoms with Crippen LogP contribution in [0.2, 0.25) is 5.15 Å². The first-order valence-electron chi connectivity index (χ1n) is 6.55. The molecule has 0 aliphatic rings. The normalized spacial score (nSPS) is 12.0. The molecule has 0 aliphatic carbocycles. The van der Waals surface area contributed by atoms with Gasteiger partial charge < -0.3 is 10.1 Å². The van der Waals surface area contributed by atoms with Gasteiger partial charge in [0, 0.05) is 5.39 Å². The molecule has 1 unspecified atom stereocenters. The minimum atomic E-state index is -0.746. The van der Waals surface area contributed by atoms with Gasteiger partial charge in [0.15, 0.2) is 0 Å². The molecule has 0 aliphatic heterocycles. The zero-order chi connectivity index (χ0) is 15.4. The van der Waals surface area contributed by atoms with Crippen molar-refractivity contribution in [1.82, 2.24) is 10.3 Å². The lowest BCUT2D eigenvalue weighted by molar-refractivity contribution is -0.144. The zero-order valence-electron chi connectivity index (χ0n) is 11.7. The summed E-state index contributed by atoms with van der Waals surface area (Å²) in [6, 6.07) is 8.25. The molecule has 1 amide bonds. The van der Waals surface area contributed by atoms with E-state index in [2.05, 4.69) is 10.3 Å². The van der Waals surface area contributed by atoms with Crippen LogP contribution in [-0.2, 0) is 9.53 Å². The van der Waals surface area contributed by atoms with Gasteiger partial charge in [-0.25, -0.2) is 9.78 Å². The van der Waals surface area contributed by atoms with Crippen LogP contribution < -0.4 is 5.32 Å². The highest BCUT2D eigenvalue weighted by Gasteiger charge is 2.19. The van der Waals surface area contributed by atoms with E-state index in [1.807, 2.05) is 24.3 Å². The van der Waals surface area contributed by atoms with Crippen molar-refractivity contribution in [3.63, 3.8) is 0 Å². The van der Waals surface area contributed by atoms with Crippen LogP contribution in [0.3, 0.4) is 0 Å². The van der Waals surface area contributed by atoms with Gasteiger partial charge in [-0.1, -0.05) is 35.9 Å². The number of pyridine rings is 1. The molecular weight excluding hydrogens is 292 g/mol. The Hall–Kier alpha value is -2.14. The minimum Gasteiger partial charge on any atom is -0.464 e. The Labute approximate surface area is 127 Å². The maximum Gasteiger partial charge on any atom is 0.328 e. The van der Waals surface area contributed by atoms with Crippen LogP contribution in [-0.4, -0.2) is 29.5 Å². The average Bonchev–Trinajstić information content (AvgIpc) is 2.47. The van der Waals surface area contributed by atoms with E-state index < -0.39 is 17.9 Å². The molecule has 5 nitrogen and oxygen atoms in total. The summed E-state index contributed by atoms with van der Waals surface area (Å²) >= 11 is 6.07. The van der Waals surface area contributed by atoms with E-state index in [9.17, 15) is 9.59 Å². The number of nitrogens with one attached hydrogen (secondary N) is 1. The number of nitrogens with zero attached hydrogens (tertiary/aromatic N) is 1. The van der Waals surface area contributed by atoms with Gasteiger partial charge in [0.05, 0.1) is 6.61 Å². The molecule has 6 heteroatoms. The number of fused-ring (bicyclic) bond motifs is 1. The Morgan fingerprint density at radius 3 is 2.81 bits per heavy atom. The largest absolute Gasteiger partial charge is 0.464 e. The summed E-state index contributed by atoms with van der Waals surface area (Å²) < 4.78 is 4.83. The highest BCUT2D eigenvalue weighted by atomic mass is 35.5. The predicted molar refractivity (Wildman–Crippen MR) is 80.3 cm³/mol. The fourth-order valence-electron chi connectivity index (χ4n) is 1.87. The maximum atomic E-state index is 12.1. The lowest BCUT2D eigenvalue weighted by Gasteiger charge is -2.12. The maximum absolute atomic E-state index is 12.1. The molecule has 1 atom stereocenters. The molecular formula is C15H15ClN2O3. The Morgan fingerprint density at radius 1 is 1.38 bits per heavy atom. The lowest BCUT2D eigenvalue weighted by Crippen LogP contribution is -2.39. The molecule has 0 spiro atoms. The van der Waals surface area contributed by atoms with Gasteiger partial charge in [0.25, 0.3) is 5.91 Å². The van der Waals surface area contributed by atoms with Crippen LogP contribution >= 0.6 is 11.6 Å². The van der Waals surface area contributed by atoms with Crippen molar-refractivity contribution in [3.05, 3.63) is 41.2 Å². The van der Waals surface area contributed by atoms with Gasteiger partial charge in [0.2, 0.25) is 0 Å². The van der Waals surface area contributed by atoms with Gasteiger partial charge in [-0.05, 0) is 25.3 Å². The van der Waals surface area contributed by atoms with E-state index in [0.717, 1.165) is 10.8 Å². The van der Waals surface area contributed by atoms with Gasteiger partial charge in [0.1, 0.15) is 16.9 Å². The van der Waals surface area contributed by atoms with Gasteiger partial charge in [-0.3, -0.25) is 4.79 Å². The number of ether oxygens (including phenoxy) is 1. The summed E-state index contributed by atoms with van der Waals surface area (Å²) in [5.41, 5.74) is 0.162. The molecule has 1 N–H and O–H groups in total. The van der Waals surface area contributed by atoms with Crippen molar-refractivity contribution in [2.75, 3.05) is 6.61 Å². The Balaban J connectivity index is 2.22. The number of hydrogen-bond donors (Lipinski definition) is 1. The van der Waals surface area contributed by atoms with Crippen molar-refractivity contribution in [2.45, 2.75) is 19.9 Å².